The van der Waals surface area contributed by atoms with Gasteiger partial charge in [-0.2, -0.15) is 0 Å². The molecule has 61 heavy (non-hydrogen) atoms. The van der Waals surface area contributed by atoms with E-state index in [-0.39, 0.29) is 25.2 Å². The summed E-state index contributed by atoms with van der Waals surface area (Å²) in [4.78, 5) is 35.2. The first kappa shape index (κ1) is 56.3. The molecule has 8 atom stereocenters. The van der Waals surface area contributed by atoms with Crippen LogP contribution in [0.5, 0.6) is 0 Å². The van der Waals surface area contributed by atoms with Gasteiger partial charge in [-0.25, -0.2) is 4.57 Å². The molecule has 15 heteroatoms. The lowest BCUT2D eigenvalue weighted by Crippen LogP contribution is -2.43. The number of esters is 2. The van der Waals surface area contributed by atoms with Crippen molar-refractivity contribution in [2.24, 2.45) is 5.92 Å². The van der Waals surface area contributed by atoms with Crippen molar-refractivity contribution in [2.45, 2.75) is 173 Å². The second-order valence-electron chi connectivity index (χ2n) is 15.2. The zero-order valence-corrected chi connectivity index (χ0v) is 37.5. The second kappa shape index (κ2) is 36.7. The molecule has 2 unspecified atom stereocenters. The fourth-order valence-electron chi connectivity index (χ4n) is 6.08. The SMILES string of the molecule is CCCCC/C=C\C/C=C\C/C=C\C/C=C\CCCC(=O)O[C@H](COC(=O)CCC/C=C\C[C@H]1[C@@H](O)CC(O)O[C@@H]1/C=C/[C@@H](O)CCCCC)COP(=O)(O)OC[C@@H](O)CO. The number of ether oxygens (including phenoxy) is 3. The molecule has 0 bridgehead atoms. The van der Waals surface area contributed by atoms with E-state index in [0.717, 1.165) is 44.9 Å². The fourth-order valence-corrected chi connectivity index (χ4v) is 6.87. The highest BCUT2D eigenvalue weighted by atomic mass is 31.2. The molecule has 14 nitrogen and oxygen atoms in total. The molecule has 350 valence electrons. The zero-order valence-electron chi connectivity index (χ0n) is 36.6. The summed E-state index contributed by atoms with van der Waals surface area (Å²) in [5, 5.41) is 49.3. The smallest absolute Gasteiger partial charge is 0.462 e. The summed E-state index contributed by atoms with van der Waals surface area (Å²) in [6, 6.07) is 0. The van der Waals surface area contributed by atoms with Crippen LogP contribution in [0, 0.1) is 5.92 Å². The van der Waals surface area contributed by atoms with Crippen molar-refractivity contribution in [3.63, 3.8) is 0 Å². The van der Waals surface area contributed by atoms with Gasteiger partial charge >= 0.3 is 19.8 Å². The predicted octanol–water partition coefficient (Wildman–Crippen LogP) is 7.77. The molecule has 0 saturated carbocycles. The lowest BCUT2D eigenvalue weighted by molar-refractivity contribution is -0.199. The summed E-state index contributed by atoms with van der Waals surface area (Å²) < 4.78 is 38.3. The van der Waals surface area contributed by atoms with Gasteiger partial charge in [0.1, 0.15) is 12.7 Å². The lowest BCUT2D eigenvalue weighted by atomic mass is 9.87. The minimum absolute atomic E-state index is 0.0320. The van der Waals surface area contributed by atoms with Crippen LogP contribution in [-0.2, 0) is 37.4 Å². The number of carbonyl (C=O) groups excluding carboxylic acids is 2. The van der Waals surface area contributed by atoms with Crippen LogP contribution in [-0.4, -0.2) is 106 Å². The Morgan fingerprint density at radius 1 is 0.738 bits per heavy atom. The molecular formula is C46H77O14P. The van der Waals surface area contributed by atoms with Crippen molar-refractivity contribution in [3.8, 4) is 0 Å². The summed E-state index contributed by atoms with van der Waals surface area (Å²) in [6.07, 6.45) is 32.1. The van der Waals surface area contributed by atoms with Crippen molar-refractivity contribution in [3.05, 3.63) is 72.9 Å². The number of unbranched alkanes of at least 4 members (excludes halogenated alkanes) is 7. The highest BCUT2D eigenvalue weighted by molar-refractivity contribution is 7.47. The third kappa shape index (κ3) is 31.7. The molecule has 1 aliphatic rings. The fraction of sp³-hybridized carbons (Fsp3) is 0.696. The Morgan fingerprint density at radius 2 is 1.30 bits per heavy atom. The van der Waals surface area contributed by atoms with E-state index in [4.69, 9.17) is 23.8 Å². The van der Waals surface area contributed by atoms with E-state index in [9.17, 15) is 39.5 Å². The topological polar surface area (TPSA) is 219 Å². The van der Waals surface area contributed by atoms with Crippen LogP contribution in [0.4, 0.5) is 0 Å². The molecule has 0 aromatic heterocycles. The van der Waals surface area contributed by atoms with Gasteiger partial charge in [-0.1, -0.05) is 119 Å². The summed E-state index contributed by atoms with van der Waals surface area (Å²) in [5.74, 6) is -1.53. The number of phosphoric acid groups is 1. The first-order valence-corrected chi connectivity index (χ1v) is 23.8. The molecule has 0 aromatic carbocycles. The van der Waals surface area contributed by atoms with E-state index >= 15 is 0 Å². The zero-order chi connectivity index (χ0) is 45.0. The standard InChI is InChI=1S/C46H77O14P/c1-3-5-7-8-9-10-11-12-13-14-15-16-17-18-19-20-26-30-45(52)59-40(37-58-61(54,55)57-35-39(49)34-47)36-56-44(51)29-25-22-21-24-28-41-42(50)33-46(53)60-43(41)32-31-38(48)27-23-6-4-2/h9-10,12-13,15-16,18-19,21,24,31-32,38-43,46-50,53H,3-8,11,14,17,20,22-23,25-30,33-37H2,1-2H3,(H,54,55)/b10-9-,13-12-,16-15-,19-18-,24-21-,32-31+/t38-,39-,40+,41-,42-,43+,46?/m0/s1. The molecule has 1 aliphatic heterocycles. The summed E-state index contributed by atoms with van der Waals surface area (Å²) >= 11 is 0. The monoisotopic (exact) mass is 885 g/mol. The average Bonchev–Trinajstić information content (AvgIpc) is 3.23. The van der Waals surface area contributed by atoms with Crippen LogP contribution in [0.2, 0.25) is 0 Å². The Morgan fingerprint density at radius 3 is 1.92 bits per heavy atom. The van der Waals surface area contributed by atoms with Crippen molar-refractivity contribution in [2.75, 3.05) is 26.4 Å². The number of aliphatic hydroxyl groups is 5. The van der Waals surface area contributed by atoms with Crippen molar-refractivity contribution >= 4 is 19.8 Å². The molecule has 6 N–H and O–H groups in total. The number of aliphatic hydroxyl groups excluding tert-OH is 5. The van der Waals surface area contributed by atoms with E-state index in [0.29, 0.717) is 38.5 Å². The van der Waals surface area contributed by atoms with Crippen LogP contribution in [0.25, 0.3) is 0 Å². The van der Waals surface area contributed by atoms with E-state index in [1.165, 1.54) is 19.3 Å². The Kier molecular flexibility index (Phi) is 33.9. The molecule has 0 amide bonds. The Hall–Kier alpha value is -2.75. The van der Waals surface area contributed by atoms with Crippen molar-refractivity contribution in [1.29, 1.82) is 0 Å². The largest absolute Gasteiger partial charge is 0.472 e. The number of rotatable bonds is 36. The molecule has 0 radical (unpaired) electrons. The minimum Gasteiger partial charge on any atom is -0.462 e. The van der Waals surface area contributed by atoms with Gasteiger partial charge in [0.2, 0.25) is 0 Å². The average molecular weight is 885 g/mol. The number of hydrogen-bond donors (Lipinski definition) is 6. The van der Waals surface area contributed by atoms with E-state index in [2.05, 4.69) is 54.8 Å². The quantitative estimate of drug-likeness (QED) is 0.0153. The van der Waals surface area contributed by atoms with Crippen LogP contribution >= 0.6 is 7.82 Å². The third-order valence-electron chi connectivity index (χ3n) is 9.63. The first-order valence-electron chi connectivity index (χ1n) is 22.3. The van der Waals surface area contributed by atoms with Crippen LogP contribution in [0.1, 0.15) is 136 Å². The van der Waals surface area contributed by atoms with Crippen LogP contribution < -0.4 is 0 Å². The predicted molar refractivity (Wildman–Crippen MR) is 236 cm³/mol. The third-order valence-corrected chi connectivity index (χ3v) is 10.6. The molecular weight excluding hydrogens is 807 g/mol. The maximum Gasteiger partial charge on any atom is 0.472 e. The maximum absolute atomic E-state index is 12.6. The van der Waals surface area contributed by atoms with Gasteiger partial charge in [-0.15, -0.1) is 0 Å². The highest BCUT2D eigenvalue weighted by Gasteiger charge is 2.35. The number of hydrogen-bond acceptors (Lipinski definition) is 13. The molecule has 0 aromatic rings. The normalized spacial score (nSPS) is 21.3. The maximum atomic E-state index is 12.6. The van der Waals surface area contributed by atoms with Gasteiger partial charge in [0.25, 0.3) is 0 Å². The van der Waals surface area contributed by atoms with Crippen molar-refractivity contribution < 1.29 is 67.8 Å². The molecule has 1 saturated heterocycles. The van der Waals surface area contributed by atoms with Crippen molar-refractivity contribution in [1.82, 2.24) is 0 Å². The van der Waals surface area contributed by atoms with E-state index in [1.54, 1.807) is 12.2 Å². The lowest BCUT2D eigenvalue weighted by Gasteiger charge is -2.36. The number of carbonyl (C=O) groups is 2. The van der Waals surface area contributed by atoms with Crippen LogP contribution in [0.15, 0.2) is 72.9 Å². The van der Waals surface area contributed by atoms with Crippen LogP contribution in [0.3, 0.4) is 0 Å². The highest BCUT2D eigenvalue weighted by Crippen LogP contribution is 2.43. The van der Waals surface area contributed by atoms with Gasteiger partial charge in [-0.3, -0.25) is 18.6 Å². The second-order valence-corrected chi connectivity index (χ2v) is 16.7. The Labute approximate surface area is 364 Å². The minimum atomic E-state index is -4.71. The number of allylic oxidation sites excluding steroid dienone is 10. The van der Waals surface area contributed by atoms with Gasteiger partial charge in [-0.05, 0) is 70.6 Å². The first-order chi connectivity index (χ1) is 29.4. The molecule has 0 spiro atoms. The van der Waals surface area contributed by atoms with E-state index < -0.39 is 83.0 Å². The molecule has 1 rings (SSSR count). The molecule has 0 aliphatic carbocycles. The Balaban J connectivity index is 2.54. The molecule has 1 fully saturated rings. The summed E-state index contributed by atoms with van der Waals surface area (Å²) in [5.41, 5.74) is 0. The van der Waals surface area contributed by atoms with Gasteiger partial charge in [0.15, 0.2) is 12.4 Å². The van der Waals surface area contributed by atoms with Gasteiger partial charge < -0.3 is 44.6 Å². The van der Waals surface area contributed by atoms with Gasteiger partial charge in [0.05, 0.1) is 38.1 Å². The summed E-state index contributed by atoms with van der Waals surface area (Å²) in [7, 11) is -4.71. The Bertz CT molecular complexity index is 1360. The van der Waals surface area contributed by atoms with E-state index in [1.807, 2.05) is 24.3 Å². The summed E-state index contributed by atoms with van der Waals surface area (Å²) in [6.45, 7) is 1.85. The number of phosphoric ester groups is 1. The van der Waals surface area contributed by atoms with Gasteiger partial charge in [0, 0.05) is 25.2 Å². The molecule has 1 heterocycles.